The molecule has 3 unspecified atom stereocenters. The molecular formula is C19H28N6O2. The van der Waals surface area contributed by atoms with Crippen molar-refractivity contribution < 1.29 is 4.79 Å². The van der Waals surface area contributed by atoms with Gasteiger partial charge in [-0.25, -0.2) is 15.5 Å². The Morgan fingerprint density at radius 3 is 2.56 bits per heavy atom. The zero-order valence-electron chi connectivity index (χ0n) is 15.6. The molecule has 8 heteroatoms. The maximum atomic E-state index is 13.0. The highest BCUT2D eigenvalue weighted by molar-refractivity contribution is 5.79. The van der Waals surface area contributed by atoms with Crippen molar-refractivity contribution in [3.8, 4) is 0 Å². The molecule has 27 heavy (non-hydrogen) atoms. The monoisotopic (exact) mass is 372 g/mol. The van der Waals surface area contributed by atoms with E-state index in [1.807, 2.05) is 11.0 Å². The molecule has 2 saturated heterocycles. The van der Waals surface area contributed by atoms with Gasteiger partial charge in [-0.15, -0.1) is 0 Å². The summed E-state index contributed by atoms with van der Waals surface area (Å²) in [5.74, 6) is 0.936. The third-order valence-corrected chi connectivity index (χ3v) is 6.68. The Labute approximate surface area is 158 Å². The first kappa shape index (κ1) is 17.3. The predicted molar refractivity (Wildman–Crippen MR) is 99.6 cm³/mol. The molecule has 3 N–H and O–H groups in total. The average Bonchev–Trinajstić information content (AvgIpc) is 3.45. The second-order valence-electron chi connectivity index (χ2n) is 8.51. The molecule has 1 aromatic heterocycles. The van der Waals surface area contributed by atoms with Crippen LogP contribution in [0.1, 0.15) is 62.6 Å². The maximum Gasteiger partial charge on any atom is 0.267 e. The minimum atomic E-state index is -0.0187. The first-order valence-electron chi connectivity index (χ1n) is 10.3. The van der Waals surface area contributed by atoms with Crippen LogP contribution < -0.4 is 21.9 Å². The van der Waals surface area contributed by atoms with E-state index in [0.717, 1.165) is 50.9 Å². The molecule has 0 aromatic carbocycles. The molecule has 8 nitrogen and oxygen atoms in total. The zero-order chi connectivity index (χ0) is 18.4. The number of amides is 1. The summed E-state index contributed by atoms with van der Waals surface area (Å²) in [6.45, 7) is 1.44. The van der Waals surface area contributed by atoms with Crippen molar-refractivity contribution in [2.75, 3.05) is 13.1 Å². The molecule has 3 atom stereocenters. The fourth-order valence-corrected chi connectivity index (χ4v) is 4.84. The Morgan fingerprint density at radius 2 is 1.78 bits per heavy atom. The van der Waals surface area contributed by atoms with Crippen molar-refractivity contribution in [2.24, 2.45) is 5.92 Å². The summed E-state index contributed by atoms with van der Waals surface area (Å²) in [6, 6.07) is 4.41. The van der Waals surface area contributed by atoms with Gasteiger partial charge in [-0.2, -0.15) is 10.6 Å². The van der Waals surface area contributed by atoms with E-state index in [9.17, 15) is 9.59 Å². The summed E-state index contributed by atoms with van der Waals surface area (Å²) < 4.78 is 1.68. The van der Waals surface area contributed by atoms with Crippen molar-refractivity contribution >= 4 is 5.91 Å². The van der Waals surface area contributed by atoms with Gasteiger partial charge >= 0.3 is 0 Å². The van der Waals surface area contributed by atoms with Crippen molar-refractivity contribution in [1.29, 1.82) is 0 Å². The van der Waals surface area contributed by atoms with Crippen LogP contribution in [0.15, 0.2) is 16.9 Å². The maximum absolute atomic E-state index is 13.0. The van der Waals surface area contributed by atoms with Crippen molar-refractivity contribution in [2.45, 2.75) is 69.0 Å². The molecule has 2 aliphatic carbocycles. The number of carbonyl (C=O) groups excluding carboxylic acids is 1. The number of nitrogens with zero attached hydrogens (tertiary/aromatic N) is 3. The third-order valence-electron chi connectivity index (χ3n) is 6.68. The molecule has 4 fully saturated rings. The Kier molecular flexibility index (Phi) is 4.49. The summed E-state index contributed by atoms with van der Waals surface area (Å²) >= 11 is 0. The number of likely N-dealkylation sites (tertiary alicyclic amines) is 1. The van der Waals surface area contributed by atoms with Crippen LogP contribution in [0.2, 0.25) is 0 Å². The van der Waals surface area contributed by atoms with Gasteiger partial charge in [0.25, 0.3) is 5.56 Å². The van der Waals surface area contributed by atoms with E-state index in [1.165, 1.54) is 12.8 Å². The lowest BCUT2D eigenvalue weighted by Gasteiger charge is -2.37. The van der Waals surface area contributed by atoms with Crippen LogP contribution in [-0.2, 0) is 4.79 Å². The van der Waals surface area contributed by atoms with Crippen LogP contribution in [0.25, 0.3) is 0 Å². The van der Waals surface area contributed by atoms with E-state index >= 15 is 0 Å². The molecule has 0 bridgehead atoms. The summed E-state index contributed by atoms with van der Waals surface area (Å²) in [7, 11) is 0. The number of rotatable bonds is 3. The number of nitrogens with one attached hydrogen (secondary N) is 3. The van der Waals surface area contributed by atoms with Gasteiger partial charge in [0.15, 0.2) is 0 Å². The molecule has 146 valence electrons. The first-order valence-corrected chi connectivity index (χ1v) is 10.3. The summed E-state index contributed by atoms with van der Waals surface area (Å²) in [6.07, 6.45) is 6.84. The third kappa shape index (κ3) is 3.41. The summed E-state index contributed by atoms with van der Waals surface area (Å²) in [5.41, 5.74) is 10.5. The highest BCUT2D eigenvalue weighted by atomic mass is 16.2. The predicted octanol–water partition coefficient (Wildman–Crippen LogP) is 0.434. The standard InChI is InChI=1S/C19H28N6O2/c26-18-6-5-15(12-1-2-12)22-25(18)14-7-9-24(10-8-14)19(27)13-3-4-16-17(11-13)21-23-20-16/h5-6,12-14,16-17,20-21,23H,1-4,7-11H2. The number of fused-ring (bicyclic) bond motifs is 1. The number of carbonyl (C=O) groups is 1. The zero-order valence-corrected chi connectivity index (χ0v) is 15.6. The molecule has 1 aromatic rings. The van der Waals surface area contributed by atoms with Crippen LogP contribution in [0, 0.1) is 5.92 Å². The molecule has 3 heterocycles. The number of piperidine rings is 1. The summed E-state index contributed by atoms with van der Waals surface area (Å²) in [4.78, 5) is 27.3. The second kappa shape index (κ2) is 7.00. The van der Waals surface area contributed by atoms with E-state index in [1.54, 1.807) is 10.7 Å². The van der Waals surface area contributed by atoms with Gasteiger partial charge in [0.2, 0.25) is 5.91 Å². The van der Waals surface area contributed by atoms with Gasteiger partial charge in [0.1, 0.15) is 0 Å². The highest BCUT2D eigenvalue weighted by Gasteiger charge is 2.38. The van der Waals surface area contributed by atoms with Gasteiger partial charge in [-0.05, 0) is 51.0 Å². The topological polar surface area (TPSA) is 91.3 Å². The van der Waals surface area contributed by atoms with E-state index in [0.29, 0.717) is 18.0 Å². The Hall–Kier alpha value is -1.77. The molecule has 0 spiro atoms. The second-order valence-corrected chi connectivity index (χ2v) is 8.51. The molecule has 0 radical (unpaired) electrons. The van der Waals surface area contributed by atoms with Crippen LogP contribution in [-0.4, -0.2) is 45.8 Å². The van der Waals surface area contributed by atoms with Crippen molar-refractivity contribution in [3.05, 3.63) is 28.2 Å². The van der Waals surface area contributed by atoms with Crippen LogP contribution in [0.5, 0.6) is 0 Å². The van der Waals surface area contributed by atoms with Crippen molar-refractivity contribution in [3.63, 3.8) is 0 Å². The minimum absolute atomic E-state index is 0.0187. The lowest BCUT2D eigenvalue weighted by molar-refractivity contribution is -0.138. The first-order chi connectivity index (χ1) is 13.2. The smallest absolute Gasteiger partial charge is 0.267 e. The SMILES string of the molecule is O=C(C1CCC2NNNC2C1)N1CCC(n2nc(C3CC3)ccc2=O)CC1. The van der Waals surface area contributed by atoms with Crippen LogP contribution in [0.3, 0.4) is 0 Å². The fourth-order valence-electron chi connectivity index (χ4n) is 4.84. The molecule has 2 aliphatic heterocycles. The molecule has 5 rings (SSSR count). The average molecular weight is 372 g/mol. The largest absolute Gasteiger partial charge is 0.342 e. The molecule has 1 amide bonds. The fraction of sp³-hybridized carbons (Fsp3) is 0.737. The van der Waals surface area contributed by atoms with Gasteiger partial charge in [0.05, 0.1) is 11.7 Å². The highest BCUT2D eigenvalue weighted by Crippen LogP contribution is 2.38. The normalized spacial score (nSPS) is 31.7. The Bertz CT molecular complexity index is 768. The van der Waals surface area contributed by atoms with E-state index in [4.69, 9.17) is 0 Å². The van der Waals surface area contributed by atoms with Crippen LogP contribution in [0.4, 0.5) is 0 Å². The van der Waals surface area contributed by atoms with E-state index in [-0.39, 0.29) is 23.4 Å². The van der Waals surface area contributed by atoms with Gasteiger partial charge in [-0.1, -0.05) is 0 Å². The quantitative estimate of drug-likeness (QED) is 0.713. The van der Waals surface area contributed by atoms with Crippen LogP contribution >= 0.6 is 0 Å². The lowest BCUT2D eigenvalue weighted by Crippen LogP contribution is -2.48. The van der Waals surface area contributed by atoms with Gasteiger partial charge in [-0.3, -0.25) is 9.59 Å². The number of hydrogen-bond donors (Lipinski definition) is 3. The lowest BCUT2D eigenvalue weighted by atomic mass is 9.82. The van der Waals surface area contributed by atoms with Crippen molar-refractivity contribution in [1.82, 2.24) is 31.1 Å². The van der Waals surface area contributed by atoms with E-state index in [2.05, 4.69) is 21.5 Å². The molecule has 4 aliphatic rings. The van der Waals surface area contributed by atoms with E-state index < -0.39 is 0 Å². The minimum Gasteiger partial charge on any atom is -0.342 e. The number of hydrazine groups is 2. The van der Waals surface area contributed by atoms with Gasteiger partial charge < -0.3 is 4.90 Å². The Morgan fingerprint density at radius 1 is 1.00 bits per heavy atom. The van der Waals surface area contributed by atoms with Gasteiger partial charge in [0, 0.05) is 43.1 Å². The number of aromatic nitrogens is 2. The summed E-state index contributed by atoms with van der Waals surface area (Å²) in [5, 5.41) is 4.63. The Balaban J connectivity index is 1.21. The molecule has 2 saturated carbocycles. The molecular weight excluding hydrogens is 344 g/mol. The number of hydrogen-bond acceptors (Lipinski definition) is 6.